The van der Waals surface area contributed by atoms with Crippen molar-refractivity contribution in [3.63, 3.8) is 0 Å². The highest BCUT2D eigenvalue weighted by atomic mass is 35.5. The molecule has 0 bridgehead atoms. The highest BCUT2D eigenvalue weighted by Gasteiger charge is 2.28. The van der Waals surface area contributed by atoms with Crippen LogP contribution in [0.15, 0.2) is 12.1 Å². The average molecular weight is 367 g/mol. The first-order chi connectivity index (χ1) is 12.1. The van der Waals surface area contributed by atoms with Crippen LogP contribution in [0.1, 0.15) is 48.4 Å². The van der Waals surface area contributed by atoms with Crippen LogP contribution >= 0.6 is 11.6 Å². The van der Waals surface area contributed by atoms with E-state index in [4.69, 9.17) is 25.8 Å². The maximum absolute atomic E-state index is 12.3. The zero-order chi connectivity index (χ0) is 17.8. The summed E-state index contributed by atoms with van der Waals surface area (Å²) in [7, 11) is 1.49. The van der Waals surface area contributed by atoms with E-state index in [1.807, 2.05) is 6.92 Å². The van der Waals surface area contributed by atoms with Crippen molar-refractivity contribution >= 4 is 17.6 Å². The average Bonchev–Trinajstić information content (AvgIpc) is 3.36. The second-order valence-electron chi connectivity index (χ2n) is 5.68. The van der Waals surface area contributed by atoms with Gasteiger partial charge in [0.15, 0.2) is 23.9 Å². The zero-order valence-corrected chi connectivity index (χ0v) is 14.8. The van der Waals surface area contributed by atoms with E-state index in [9.17, 15) is 4.79 Å². The van der Waals surface area contributed by atoms with Crippen LogP contribution in [-0.2, 0) is 11.3 Å². The maximum atomic E-state index is 12.3. The minimum atomic E-state index is -0.535. The molecule has 2 aromatic rings. The van der Waals surface area contributed by atoms with Gasteiger partial charge >= 0.3 is 5.97 Å². The van der Waals surface area contributed by atoms with Gasteiger partial charge in [-0.05, 0) is 41.8 Å². The van der Waals surface area contributed by atoms with E-state index in [1.54, 1.807) is 10.7 Å². The van der Waals surface area contributed by atoms with Gasteiger partial charge in [-0.2, -0.15) is 0 Å². The number of nitrogens with zero attached hydrogens (tertiary/aromatic N) is 4. The van der Waals surface area contributed by atoms with Crippen LogP contribution in [0.2, 0.25) is 5.02 Å². The molecule has 1 aromatic heterocycles. The molecule has 25 heavy (non-hydrogen) atoms. The van der Waals surface area contributed by atoms with Gasteiger partial charge in [0.05, 0.1) is 30.3 Å². The lowest BCUT2D eigenvalue weighted by Crippen LogP contribution is -2.11. The van der Waals surface area contributed by atoms with Crippen LogP contribution in [0.25, 0.3) is 0 Å². The second kappa shape index (κ2) is 7.69. The molecule has 1 heterocycles. The fraction of sp³-hybridized carbons (Fsp3) is 0.500. The van der Waals surface area contributed by atoms with Gasteiger partial charge in [-0.1, -0.05) is 18.5 Å². The summed E-state index contributed by atoms with van der Waals surface area (Å²) in [5.74, 6) is 0.792. The molecular formula is C16H19ClN4O4. The van der Waals surface area contributed by atoms with E-state index >= 15 is 0 Å². The third-order valence-electron chi connectivity index (χ3n) is 3.70. The molecule has 0 radical (unpaired) electrons. The maximum Gasteiger partial charge on any atom is 0.338 e. The lowest BCUT2D eigenvalue weighted by Gasteiger charge is -2.13. The van der Waals surface area contributed by atoms with Gasteiger partial charge in [0, 0.05) is 0 Å². The Morgan fingerprint density at radius 2 is 2.20 bits per heavy atom. The Morgan fingerprint density at radius 3 is 2.88 bits per heavy atom. The number of tetrazole rings is 1. The predicted molar refractivity (Wildman–Crippen MR) is 89.0 cm³/mol. The number of aromatic nitrogens is 4. The molecule has 9 heteroatoms. The van der Waals surface area contributed by atoms with Gasteiger partial charge in [0.2, 0.25) is 0 Å². The van der Waals surface area contributed by atoms with Crippen molar-refractivity contribution in [3.05, 3.63) is 28.5 Å². The zero-order valence-electron chi connectivity index (χ0n) is 14.1. The van der Waals surface area contributed by atoms with Crippen molar-refractivity contribution in [1.29, 1.82) is 0 Å². The standard InChI is InChI=1S/C16H19ClN4O4/c1-3-6-24-15-12(17)7-10(8-13(15)23-2)16(22)25-9-14-18-19-20-21(14)11-4-5-11/h7-8,11H,3-6,9H2,1-2H3. The number of ether oxygens (including phenoxy) is 3. The van der Waals surface area contributed by atoms with E-state index in [0.29, 0.717) is 35.0 Å². The molecule has 0 N–H and O–H groups in total. The van der Waals surface area contributed by atoms with E-state index in [-0.39, 0.29) is 12.2 Å². The summed E-state index contributed by atoms with van der Waals surface area (Å²) in [6.45, 7) is 2.49. The molecule has 0 saturated heterocycles. The number of esters is 1. The molecule has 1 aliphatic carbocycles. The summed E-state index contributed by atoms with van der Waals surface area (Å²) in [5.41, 5.74) is 0.274. The molecule has 0 spiro atoms. The first-order valence-corrected chi connectivity index (χ1v) is 8.46. The minimum Gasteiger partial charge on any atom is -0.493 e. The van der Waals surface area contributed by atoms with E-state index in [0.717, 1.165) is 19.3 Å². The summed E-state index contributed by atoms with van der Waals surface area (Å²) in [6, 6.07) is 3.36. The number of carbonyl (C=O) groups is 1. The van der Waals surface area contributed by atoms with Gasteiger partial charge < -0.3 is 14.2 Å². The summed E-state index contributed by atoms with van der Waals surface area (Å²) in [5, 5.41) is 11.7. The molecule has 0 unspecified atom stereocenters. The summed E-state index contributed by atoms with van der Waals surface area (Å²) < 4.78 is 17.8. The number of carbonyl (C=O) groups excluding carboxylic acids is 1. The van der Waals surface area contributed by atoms with Crippen molar-refractivity contribution in [2.75, 3.05) is 13.7 Å². The Balaban J connectivity index is 1.70. The van der Waals surface area contributed by atoms with E-state index in [1.165, 1.54) is 13.2 Å². The van der Waals surface area contributed by atoms with Crippen LogP contribution in [0.3, 0.4) is 0 Å². The SMILES string of the molecule is CCCOc1c(Cl)cc(C(=O)OCc2nnnn2C2CC2)cc1OC. The molecule has 0 amide bonds. The van der Waals surface area contributed by atoms with Crippen molar-refractivity contribution < 1.29 is 19.0 Å². The Morgan fingerprint density at radius 1 is 1.40 bits per heavy atom. The van der Waals surface area contributed by atoms with Crippen molar-refractivity contribution in [1.82, 2.24) is 20.2 Å². The number of benzene rings is 1. The van der Waals surface area contributed by atoms with Crippen LogP contribution in [0.4, 0.5) is 0 Å². The molecular weight excluding hydrogens is 348 g/mol. The third-order valence-corrected chi connectivity index (χ3v) is 3.98. The molecule has 1 fully saturated rings. The van der Waals surface area contributed by atoms with Gasteiger partial charge in [-0.3, -0.25) is 0 Å². The van der Waals surface area contributed by atoms with E-state index in [2.05, 4.69) is 15.5 Å². The molecule has 0 aliphatic heterocycles. The molecule has 1 aromatic carbocycles. The first-order valence-electron chi connectivity index (χ1n) is 8.08. The lowest BCUT2D eigenvalue weighted by atomic mass is 10.2. The normalized spacial score (nSPS) is 13.6. The van der Waals surface area contributed by atoms with Crippen LogP contribution < -0.4 is 9.47 Å². The van der Waals surface area contributed by atoms with Crippen LogP contribution in [0.5, 0.6) is 11.5 Å². The molecule has 0 atom stereocenters. The van der Waals surface area contributed by atoms with Crippen molar-refractivity contribution in [3.8, 4) is 11.5 Å². The lowest BCUT2D eigenvalue weighted by molar-refractivity contribution is 0.0456. The molecule has 1 saturated carbocycles. The number of methoxy groups -OCH3 is 1. The smallest absolute Gasteiger partial charge is 0.338 e. The molecule has 3 rings (SSSR count). The number of hydrogen-bond donors (Lipinski definition) is 0. The Kier molecular flexibility index (Phi) is 5.37. The fourth-order valence-corrected chi connectivity index (χ4v) is 2.57. The Labute approximate surface area is 150 Å². The van der Waals surface area contributed by atoms with Gasteiger partial charge in [0.25, 0.3) is 0 Å². The number of rotatable bonds is 8. The predicted octanol–water partition coefficient (Wildman–Crippen LogP) is 2.82. The minimum absolute atomic E-state index is 0.00362. The van der Waals surface area contributed by atoms with Crippen molar-refractivity contribution in [2.45, 2.75) is 38.8 Å². The van der Waals surface area contributed by atoms with Gasteiger partial charge in [-0.15, -0.1) is 5.10 Å². The quantitative estimate of drug-likeness (QED) is 0.663. The Bertz CT molecular complexity index is 761. The molecule has 134 valence electrons. The Hall–Kier alpha value is -2.35. The summed E-state index contributed by atoms with van der Waals surface area (Å²) in [6.07, 6.45) is 2.91. The third kappa shape index (κ3) is 4.01. The van der Waals surface area contributed by atoms with Crippen LogP contribution in [-0.4, -0.2) is 39.9 Å². The van der Waals surface area contributed by atoms with Crippen LogP contribution in [0, 0.1) is 0 Å². The topological polar surface area (TPSA) is 88.4 Å². The van der Waals surface area contributed by atoms with Crippen molar-refractivity contribution in [2.24, 2.45) is 0 Å². The summed E-state index contributed by atoms with van der Waals surface area (Å²) in [4.78, 5) is 12.3. The molecule has 1 aliphatic rings. The summed E-state index contributed by atoms with van der Waals surface area (Å²) >= 11 is 6.22. The highest BCUT2D eigenvalue weighted by Crippen LogP contribution is 2.37. The number of halogens is 1. The monoisotopic (exact) mass is 366 g/mol. The van der Waals surface area contributed by atoms with E-state index < -0.39 is 5.97 Å². The molecule has 8 nitrogen and oxygen atoms in total. The van der Waals surface area contributed by atoms with Gasteiger partial charge in [0.1, 0.15) is 0 Å². The highest BCUT2D eigenvalue weighted by molar-refractivity contribution is 6.32. The second-order valence-corrected chi connectivity index (χ2v) is 6.09. The van der Waals surface area contributed by atoms with Gasteiger partial charge in [-0.25, -0.2) is 9.48 Å². The largest absolute Gasteiger partial charge is 0.493 e. The number of hydrogen-bond acceptors (Lipinski definition) is 7. The fourth-order valence-electron chi connectivity index (χ4n) is 2.31. The first kappa shape index (κ1) is 17.5.